The van der Waals surface area contributed by atoms with Crippen molar-refractivity contribution in [3.63, 3.8) is 0 Å². The Kier molecular flexibility index (Phi) is 1.02. The van der Waals surface area contributed by atoms with Crippen molar-refractivity contribution < 1.29 is 9.47 Å². The molecule has 0 N–H and O–H groups in total. The lowest BCUT2D eigenvalue weighted by Crippen LogP contribution is -2.20. The molecule has 3 atom stereocenters. The van der Waals surface area contributed by atoms with Crippen molar-refractivity contribution in [2.75, 3.05) is 6.61 Å². The smallest absolute Gasteiger partial charge is 0.132 e. The third-order valence-electron chi connectivity index (χ3n) is 1.94. The fourth-order valence-corrected chi connectivity index (χ4v) is 1.37. The molecule has 1 saturated heterocycles. The molecule has 2 heterocycles. The van der Waals surface area contributed by atoms with Crippen LogP contribution in [0.2, 0.25) is 0 Å². The third kappa shape index (κ3) is 0.663. The van der Waals surface area contributed by atoms with E-state index in [1.807, 2.05) is 6.08 Å². The van der Waals surface area contributed by atoms with Crippen LogP contribution in [0.25, 0.3) is 0 Å². The van der Waals surface area contributed by atoms with Crippen LogP contribution in [-0.4, -0.2) is 18.8 Å². The number of fused-ring (bicyclic) bond motifs is 1. The van der Waals surface area contributed by atoms with Gasteiger partial charge < -0.3 is 9.47 Å². The Bertz CT molecular complexity index is 142. The van der Waals surface area contributed by atoms with Crippen LogP contribution in [0, 0.1) is 5.92 Å². The molecule has 2 aliphatic rings. The molecule has 0 bridgehead atoms. The molecule has 2 nitrogen and oxygen atoms in total. The Labute approximate surface area is 54.5 Å². The Hall–Kier alpha value is -0.500. The van der Waals surface area contributed by atoms with Gasteiger partial charge in [0, 0.05) is 5.92 Å². The van der Waals surface area contributed by atoms with E-state index in [4.69, 9.17) is 9.47 Å². The van der Waals surface area contributed by atoms with Gasteiger partial charge in [0.2, 0.25) is 0 Å². The van der Waals surface area contributed by atoms with Crippen molar-refractivity contribution in [2.24, 2.45) is 5.92 Å². The van der Waals surface area contributed by atoms with Gasteiger partial charge in [-0.25, -0.2) is 0 Å². The van der Waals surface area contributed by atoms with Crippen molar-refractivity contribution in [1.29, 1.82) is 0 Å². The average molecular weight is 126 g/mol. The van der Waals surface area contributed by atoms with Gasteiger partial charge in [0.25, 0.3) is 0 Å². The lowest BCUT2D eigenvalue weighted by molar-refractivity contribution is 0.0864. The molecule has 2 aliphatic heterocycles. The molecule has 0 aromatic heterocycles. The second-order valence-corrected chi connectivity index (χ2v) is 2.70. The van der Waals surface area contributed by atoms with Gasteiger partial charge in [-0.1, -0.05) is 6.92 Å². The largest absolute Gasteiger partial charge is 0.495 e. The number of hydrogen-bond donors (Lipinski definition) is 0. The highest BCUT2D eigenvalue weighted by atomic mass is 16.6. The zero-order valence-corrected chi connectivity index (χ0v) is 5.41. The van der Waals surface area contributed by atoms with E-state index in [1.165, 1.54) is 0 Å². The molecule has 9 heavy (non-hydrogen) atoms. The molecule has 1 unspecified atom stereocenters. The predicted octanol–water partition coefficient (Wildman–Crippen LogP) is 0.934. The fourth-order valence-electron chi connectivity index (χ4n) is 1.37. The molecule has 0 amide bonds. The summed E-state index contributed by atoms with van der Waals surface area (Å²) in [5.41, 5.74) is 0. The maximum absolute atomic E-state index is 5.38. The molecular weight excluding hydrogens is 116 g/mol. The Morgan fingerprint density at radius 1 is 1.56 bits per heavy atom. The van der Waals surface area contributed by atoms with Gasteiger partial charge in [-0.15, -0.1) is 0 Å². The van der Waals surface area contributed by atoms with E-state index in [0.717, 1.165) is 6.61 Å². The first-order valence-corrected chi connectivity index (χ1v) is 3.31. The maximum atomic E-state index is 5.38. The normalized spacial score (nSPS) is 47.0. The van der Waals surface area contributed by atoms with Gasteiger partial charge >= 0.3 is 0 Å². The zero-order valence-electron chi connectivity index (χ0n) is 5.41. The second kappa shape index (κ2) is 1.74. The lowest BCUT2D eigenvalue weighted by Gasteiger charge is -2.10. The van der Waals surface area contributed by atoms with Crippen LogP contribution >= 0.6 is 0 Å². The van der Waals surface area contributed by atoms with Gasteiger partial charge in [-0.3, -0.25) is 0 Å². The highest BCUT2D eigenvalue weighted by Crippen LogP contribution is 2.27. The summed E-state index contributed by atoms with van der Waals surface area (Å²) in [7, 11) is 0. The molecular formula is C7H10O2. The molecule has 0 aromatic carbocycles. The minimum Gasteiger partial charge on any atom is -0.495 e. The summed E-state index contributed by atoms with van der Waals surface area (Å²) >= 11 is 0. The van der Waals surface area contributed by atoms with Crippen molar-refractivity contribution in [3.05, 3.63) is 12.3 Å². The van der Waals surface area contributed by atoms with Crippen LogP contribution in [0.3, 0.4) is 0 Å². The Balaban J connectivity index is 2.13. The summed E-state index contributed by atoms with van der Waals surface area (Å²) in [6, 6.07) is 0. The number of ether oxygens (including phenoxy) is 2. The number of rotatable bonds is 0. The van der Waals surface area contributed by atoms with Crippen LogP contribution in [0.15, 0.2) is 12.3 Å². The van der Waals surface area contributed by atoms with Gasteiger partial charge in [0.05, 0.1) is 12.9 Å². The van der Waals surface area contributed by atoms with Gasteiger partial charge in [-0.2, -0.15) is 0 Å². The monoisotopic (exact) mass is 126 g/mol. The zero-order chi connectivity index (χ0) is 6.27. The molecule has 2 heteroatoms. The van der Waals surface area contributed by atoms with Crippen LogP contribution in [0.4, 0.5) is 0 Å². The molecule has 0 saturated carbocycles. The van der Waals surface area contributed by atoms with Crippen LogP contribution in [-0.2, 0) is 9.47 Å². The summed E-state index contributed by atoms with van der Waals surface area (Å²) in [5, 5.41) is 0. The lowest BCUT2D eigenvalue weighted by atomic mass is 10.1. The number of hydrogen-bond acceptors (Lipinski definition) is 2. The first-order valence-electron chi connectivity index (χ1n) is 3.31. The van der Waals surface area contributed by atoms with E-state index in [9.17, 15) is 0 Å². The summed E-state index contributed by atoms with van der Waals surface area (Å²) in [4.78, 5) is 0. The molecule has 0 radical (unpaired) electrons. The van der Waals surface area contributed by atoms with Crippen molar-refractivity contribution in [2.45, 2.75) is 19.1 Å². The van der Waals surface area contributed by atoms with Crippen LogP contribution < -0.4 is 0 Å². The predicted molar refractivity (Wildman–Crippen MR) is 32.9 cm³/mol. The van der Waals surface area contributed by atoms with E-state index in [-0.39, 0.29) is 6.10 Å². The Morgan fingerprint density at radius 2 is 2.44 bits per heavy atom. The second-order valence-electron chi connectivity index (χ2n) is 2.70. The molecule has 1 fully saturated rings. The van der Waals surface area contributed by atoms with E-state index in [0.29, 0.717) is 12.0 Å². The highest BCUT2D eigenvalue weighted by Gasteiger charge is 2.36. The summed E-state index contributed by atoms with van der Waals surface area (Å²) in [5.74, 6) is 0.560. The molecule has 0 aliphatic carbocycles. The van der Waals surface area contributed by atoms with Crippen molar-refractivity contribution in [3.8, 4) is 0 Å². The standard InChI is InChI=1S/C7H10O2/c1-5-4-9-6-2-3-8-7(5)6/h2-3,5-7H,4H2,1H3/t5?,6-,7-/m1/s1. The minimum atomic E-state index is 0.250. The summed E-state index contributed by atoms with van der Waals surface area (Å²) in [6.45, 7) is 3.00. The van der Waals surface area contributed by atoms with Crippen molar-refractivity contribution in [1.82, 2.24) is 0 Å². The minimum absolute atomic E-state index is 0.250. The van der Waals surface area contributed by atoms with E-state index < -0.39 is 0 Å². The summed E-state index contributed by atoms with van der Waals surface area (Å²) in [6.07, 6.45) is 4.28. The topological polar surface area (TPSA) is 18.5 Å². The SMILES string of the molecule is CC1CO[C@@H]2C=CO[C@H]12. The molecule has 50 valence electrons. The Morgan fingerprint density at radius 3 is 3.22 bits per heavy atom. The average Bonchev–Trinajstić information content (AvgIpc) is 2.35. The maximum Gasteiger partial charge on any atom is 0.132 e. The quantitative estimate of drug-likeness (QED) is 0.480. The molecule has 0 spiro atoms. The molecule has 2 rings (SSSR count). The van der Waals surface area contributed by atoms with Gasteiger partial charge in [0.15, 0.2) is 0 Å². The highest BCUT2D eigenvalue weighted by molar-refractivity contribution is 5.02. The summed E-state index contributed by atoms with van der Waals surface area (Å²) < 4.78 is 10.7. The van der Waals surface area contributed by atoms with Gasteiger partial charge in [-0.05, 0) is 6.08 Å². The van der Waals surface area contributed by atoms with Crippen LogP contribution in [0.1, 0.15) is 6.92 Å². The third-order valence-corrected chi connectivity index (χ3v) is 1.94. The van der Waals surface area contributed by atoms with E-state index >= 15 is 0 Å². The van der Waals surface area contributed by atoms with Crippen LogP contribution in [0.5, 0.6) is 0 Å². The fraction of sp³-hybridized carbons (Fsp3) is 0.714. The van der Waals surface area contributed by atoms with E-state index in [1.54, 1.807) is 6.26 Å². The van der Waals surface area contributed by atoms with Gasteiger partial charge in [0.1, 0.15) is 12.2 Å². The van der Waals surface area contributed by atoms with E-state index in [2.05, 4.69) is 6.92 Å². The van der Waals surface area contributed by atoms with Crippen molar-refractivity contribution >= 4 is 0 Å². The first kappa shape index (κ1) is 5.30. The first-order chi connectivity index (χ1) is 4.38. The molecule has 0 aromatic rings.